The van der Waals surface area contributed by atoms with E-state index in [-0.39, 0.29) is 11.6 Å². The molecule has 1 aliphatic rings. The van der Waals surface area contributed by atoms with E-state index >= 15 is 0 Å². The molecule has 1 aromatic rings. The largest absolute Gasteiger partial charge is 0.469 e. The van der Waals surface area contributed by atoms with E-state index < -0.39 is 44.1 Å². The van der Waals surface area contributed by atoms with Crippen LogP contribution in [-0.4, -0.2) is 62.3 Å². The molecule has 1 aliphatic heterocycles. The van der Waals surface area contributed by atoms with Crippen molar-refractivity contribution in [3.05, 3.63) is 32.6 Å². The number of aryl methyl sites for hydroxylation is 1. The third-order valence-electron chi connectivity index (χ3n) is 3.66. The molecule has 0 saturated carbocycles. The fourth-order valence-corrected chi connectivity index (χ4v) is 2.82. The predicted octanol–water partition coefficient (Wildman–Crippen LogP) is -0.526. The Morgan fingerprint density at radius 1 is 1.50 bits per heavy atom. The van der Waals surface area contributed by atoms with Crippen LogP contribution in [0.4, 0.5) is 0 Å². The molecule has 1 aromatic heterocycles. The molecule has 2 heterocycles. The van der Waals surface area contributed by atoms with E-state index in [9.17, 15) is 14.2 Å². The molecule has 1 fully saturated rings. The van der Waals surface area contributed by atoms with Crippen LogP contribution >= 0.6 is 20.0 Å². The maximum atomic E-state index is 12.0. The van der Waals surface area contributed by atoms with Gasteiger partial charge in [0, 0.05) is 32.3 Å². The molecule has 1 unspecified atom stereocenters. The summed E-state index contributed by atoms with van der Waals surface area (Å²) in [6.45, 7) is 1.08. The van der Waals surface area contributed by atoms with Crippen molar-refractivity contribution in [3.63, 3.8) is 0 Å². The lowest BCUT2D eigenvalue weighted by Gasteiger charge is -2.22. The Morgan fingerprint density at radius 2 is 2.15 bits per heavy atom. The molecule has 146 valence electrons. The topological polar surface area (TPSA) is 143 Å². The zero-order valence-electron chi connectivity index (χ0n) is 14.3. The molecule has 3 N–H and O–H groups in total. The number of hydrogen-bond donors (Lipinski definition) is 3. The summed E-state index contributed by atoms with van der Waals surface area (Å²) >= 11 is 5.08. The predicted molar refractivity (Wildman–Crippen MR) is 93.7 cm³/mol. The summed E-state index contributed by atoms with van der Waals surface area (Å²) in [5.74, 6) is 0. The van der Waals surface area contributed by atoms with Gasteiger partial charge in [0.15, 0.2) is 0 Å². The standard InChI is InChI=1S/C13H20N3O8PS/c1-7-5-16(12(18)14-11(7)17)10-4-8(24-13(26)15(2)3)9(23-10)6-22-25(19,20)21/h5,8-10H,4,6H2,1-3H3,(H,14,17,18)(H2,19,20,21)/t8?,9-,10-/m1/s1. The number of nitrogens with zero attached hydrogens (tertiary/aromatic N) is 2. The third kappa shape index (κ3) is 5.22. The van der Waals surface area contributed by atoms with Crippen LogP contribution in [-0.2, 0) is 18.6 Å². The first-order chi connectivity index (χ1) is 12.0. The number of aromatic amines is 1. The Balaban J connectivity index is 2.24. The number of thiocarbonyl (C=S) groups is 1. The molecule has 26 heavy (non-hydrogen) atoms. The lowest BCUT2D eigenvalue weighted by Crippen LogP contribution is -2.34. The first kappa shape index (κ1) is 20.7. The highest BCUT2D eigenvalue weighted by Crippen LogP contribution is 2.38. The molecule has 0 radical (unpaired) electrons. The summed E-state index contributed by atoms with van der Waals surface area (Å²) in [6.07, 6.45) is -0.905. The van der Waals surface area contributed by atoms with Crippen LogP contribution in [0.15, 0.2) is 15.8 Å². The van der Waals surface area contributed by atoms with Crippen molar-refractivity contribution in [1.29, 1.82) is 0 Å². The van der Waals surface area contributed by atoms with Gasteiger partial charge in [0.05, 0.1) is 6.61 Å². The van der Waals surface area contributed by atoms with Gasteiger partial charge in [0.25, 0.3) is 10.7 Å². The van der Waals surface area contributed by atoms with E-state index in [2.05, 4.69) is 9.51 Å². The fourth-order valence-electron chi connectivity index (χ4n) is 2.35. The zero-order valence-corrected chi connectivity index (χ0v) is 16.0. The minimum Gasteiger partial charge on any atom is -0.465 e. The highest BCUT2D eigenvalue weighted by Gasteiger charge is 2.40. The first-order valence-electron chi connectivity index (χ1n) is 7.53. The van der Waals surface area contributed by atoms with Gasteiger partial charge < -0.3 is 24.2 Å². The molecule has 11 nitrogen and oxygen atoms in total. The van der Waals surface area contributed by atoms with E-state index in [0.717, 1.165) is 0 Å². The first-order valence-corrected chi connectivity index (χ1v) is 9.47. The number of ether oxygens (including phenoxy) is 2. The summed E-state index contributed by atoms with van der Waals surface area (Å²) in [5, 5.41) is 0.144. The number of phosphoric ester groups is 1. The van der Waals surface area contributed by atoms with E-state index in [4.69, 9.17) is 31.5 Å². The van der Waals surface area contributed by atoms with Crippen molar-refractivity contribution in [1.82, 2.24) is 14.5 Å². The Bertz CT molecular complexity index is 831. The number of aromatic nitrogens is 2. The van der Waals surface area contributed by atoms with E-state index in [1.807, 2.05) is 0 Å². The molecule has 0 bridgehead atoms. The normalized spacial score (nSPS) is 23.0. The third-order valence-corrected chi connectivity index (χ3v) is 4.61. The monoisotopic (exact) mass is 409 g/mol. The SMILES string of the molecule is Cc1cn([C@H]2CC(OC(=S)N(C)C)[C@@H](COP(=O)(O)O)O2)c(=O)[nH]c1=O. The van der Waals surface area contributed by atoms with Crippen molar-refractivity contribution < 1.29 is 28.3 Å². The van der Waals surface area contributed by atoms with E-state index in [1.165, 1.54) is 17.7 Å². The maximum absolute atomic E-state index is 12.0. The molecule has 2 rings (SSSR count). The zero-order chi connectivity index (χ0) is 19.6. The molecule has 1 saturated heterocycles. The van der Waals surface area contributed by atoms with Crippen LogP contribution in [0.25, 0.3) is 0 Å². The molecule has 0 amide bonds. The molecule has 0 aliphatic carbocycles. The second-order valence-electron chi connectivity index (χ2n) is 5.95. The number of hydrogen-bond acceptors (Lipinski definition) is 7. The van der Waals surface area contributed by atoms with Gasteiger partial charge in [-0.05, 0) is 19.1 Å². The summed E-state index contributed by atoms with van der Waals surface area (Å²) < 4.78 is 27.9. The Morgan fingerprint density at radius 3 is 2.73 bits per heavy atom. The quantitative estimate of drug-likeness (QED) is 0.429. The van der Waals surface area contributed by atoms with Gasteiger partial charge in [-0.1, -0.05) is 0 Å². The highest BCUT2D eigenvalue weighted by atomic mass is 32.1. The fraction of sp³-hybridized carbons (Fsp3) is 0.615. The van der Waals surface area contributed by atoms with Gasteiger partial charge >= 0.3 is 13.5 Å². The van der Waals surface area contributed by atoms with Crippen molar-refractivity contribution in [2.45, 2.75) is 31.8 Å². The summed E-state index contributed by atoms with van der Waals surface area (Å²) in [7, 11) is -1.36. The molecular weight excluding hydrogens is 389 g/mol. The van der Waals surface area contributed by atoms with Crippen molar-refractivity contribution >= 4 is 25.2 Å². The molecule has 0 spiro atoms. The lowest BCUT2D eigenvalue weighted by molar-refractivity contribution is -0.0440. The van der Waals surface area contributed by atoms with Crippen LogP contribution in [0, 0.1) is 6.92 Å². The van der Waals surface area contributed by atoms with Gasteiger partial charge in [-0.3, -0.25) is 18.9 Å². The van der Waals surface area contributed by atoms with E-state index in [0.29, 0.717) is 5.56 Å². The number of nitrogens with one attached hydrogen (secondary N) is 1. The second kappa shape index (κ2) is 7.99. The van der Waals surface area contributed by atoms with Gasteiger partial charge in [-0.25, -0.2) is 9.36 Å². The van der Waals surface area contributed by atoms with Gasteiger partial charge in [-0.15, -0.1) is 0 Å². The van der Waals surface area contributed by atoms with Crippen LogP contribution in [0.1, 0.15) is 18.2 Å². The van der Waals surface area contributed by atoms with Crippen molar-refractivity contribution in [3.8, 4) is 0 Å². The number of H-pyrrole nitrogens is 1. The van der Waals surface area contributed by atoms with Crippen LogP contribution in [0.5, 0.6) is 0 Å². The summed E-state index contributed by atoms with van der Waals surface area (Å²) in [4.78, 5) is 45.0. The second-order valence-corrected chi connectivity index (χ2v) is 7.54. The summed E-state index contributed by atoms with van der Waals surface area (Å²) in [5.41, 5.74) is -0.868. The van der Waals surface area contributed by atoms with Crippen LogP contribution < -0.4 is 11.2 Å². The number of rotatable bonds is 5. The smallest absolute Gasteiger partial charge is 0.465 e. The molecule has 13 heteroatoms. The van der Waals surface area contributed by atoms with Crippen molar-refractivity contribution in [2.24, 2.45) is 0 Å². The molecule has 3 atom stereocenters. The minimum atomic E-state index is -4.71. The van der Waals surface area contributed by atoms with Crippen molar-refractivity contribution in [2.75, 3.05) is 20.7 Å². The number of phosphoric acid groups is 1. The Hall–Kier alpha value is -1.56. The molecule has 0 aromatic carbocycles. The Kier molecular flexibility index (Phi) is 6.37. The van der Waals surface area contributed by atoms with E-state index in [1.54, 1.807) is 19.0 Å². The lowest BCUT2D eigenvalue weighted by atomic mass is 10.2. The average Bonchev–Trinajstić information content (AvgIpc) is 2.90. The minimum absolute atomic E-state index is 0.144. The Labute approximate surface area is 153 Å². The van der Waals surface area contributed by atoms with Gasteiger partial charge in [0.1, 0.15) is 18.4 Å². The summed E-state index contributed by atoms with van der Waals surface area (Å²) in [6, 6.07) is 0. The van der Waals surface area contributed by atoms with Crippen LogP contribution in [0.2, 0.25) is 0 Å². The maximum Gasteiger partial charge on any atom is 0.469 e. The van der Waals surface area contributed by atoms with Gasteiger partial charge in [0.2, 0.25) is 0 Å². The average molecular weight is 409 g/mol. The highest BCUT2D eigenvalue weighted by molar-refractivity contribution is 7.80. The van der Waals surface area contributed by atoms with Crippen LogP contribution in [0.3, 0.4) is 0 Å². The molecular formula is C13H20N3O8PS. The van der Waals surface area contributed by atoms with Gasteiger partial charge in [-0.2, -0.15) is 0 Å².